The molecule has 0 aromatic heterocycles. The van der Waals surface area contributed by atoms with E-state index in [0.717, 1.165) is 6.42 Å². The van der Waals surface area contributed by atoms with Crippen LogP contribution in [-0.4, -0.2) is 6.04 Å². The maximum Gasteiger partial charge on any atom is 0.0108 e. The highest BCUT2D eigenvalue weighted by atomic mass is 14.6. The molecule has 0 spiro atoms. The molecule has 0 fully saturated rings. The minimum Gasteiger partial charge on any atom is -0.327 e. The van der Waals surface area contributed by atoms with Gasteiger partial charge in [-0.15, -0.1) is 0 Å². The van der Waals surface area contributed by atoms with Crippen LogP contribution in [0.1, 0.15) is 49.7 Å². The standard InChI is InChI=1S/C14H21N/c1-2-6-14(15)13-10-5-8-11-7-3-4-9-12(11)13/h3-4,7,9,13-14H,2,5-6,8,10,15H2,1H3/t13?,14-/m1/s1. The van der Waals surface area contributed by atoms with Crippen LogP contribution in [0.2, 0.25) is 0 Å². The summed E-state index contributed by atoms with van der Waals surface area (Å²) in [5.74, 6) is 0.606. The summed E-state index contributed by atoms with van der Waals surface area (Å²) in [6.07, 6.45) is 6.17. The van der Waals surface area contributed by atoms with Gasteiger partial charge in [0.1, 0.15) is 0 Å². The number of nitrogens with two attached hydrogens (primary N) is 1. The van der Waals surface area contributed by atoms with E-state index in [4.69, 9.17) is 5.73 Å². The summed E-state index contributed by atoms with van der Waals surface area (Å²) < 4.78 is 0. The molecule has 0 aliphatic heterocycles. The fourth-order valence-corrected chi connectivity index (χ4v) is 2.77. The van der Waals surface area contributed by atoms with Gasteiger partial charge in [0.15, 0.2) is 0 Å². The Kier molecular flexibility index (Phi) is 3.42. The third-order valence-electron chi connectivity index (χ3n) is 3.55. The molecule has 82 valence electrons. The Balaban J connectivity index is 2.21. The Morgan fingerprint density at radius 3 is 3.00 bits per heavy atom. The van der Waals surface area contributed by atoms with Crippen molar-refractivity contribution in [3.8, 4) is 0 Å². The molecule has 0 radical (unpaired) electrons. The van der Waals surface area contributed by atoms with Gasteiger partial charge >= 0.3 is 0 Å². The monoisotopic (exact) mass is 203 g/mol. The van der Waals surface area contributed by atoms with E-state index >= 15 is 0 Å². The number of hydrogen-bond donors (Lipinski definition) is 1. The Bertz CT molecular complexity index is 319. The lowest BCUT2D eigenvalue weighted by molar-refractivity contribution is 0.439. The highest BCUT2D eigenvalue weighted by molar-refractivity contribution is 5.33. The molecule has 0 saturated heterocycles. The van der Waals surface area contributed by atoms with Crippen molar-refractivity contribution in [3.05, 3.63) is 35.4 Å². The lowest BCUT2D eigenvalue weighted by Gasteiger charge is -2.30. The molecule has 2 rings (SSSR count). The molecule has 15 heavy (non-hydrogen) atoms. The van der Waals surface area contributed by atoms with Crippen molar-refractivity contribution in [3.63, 3.8) is 0 Å². The molecule has 1 heteroatoms. The fraction of sp³-hybridized carbons (Fsp3) is 0.571. The second kappa shape index (κ2) is 4.80. The van der Waals surface area contributed by atoms with Crippen LogP contribution in [0.3, 0.4) is 0 Å². The molecule has 0 saturated carbocycles. The van der Waals surface area contributed by atoms with E-state index in [2.05, 4.69) is 31.2 Å². The van der Waals surface area contributed by atoms with Crippen molar-refractivity contribution >= 4 is 0 Å². The van der Waals surface area contributed by atoms with E-state index in [0.29, 0.717) is 12.0 Å². The summed E-state index contributed by atoms with van der Waals surface area (Å²) in [5, 5.41) is 0. The van der Waals surface area contributed by atoms with Crippen LogP contribution in [0.15, 0.2) is 24.3 Å². The molecule has 1 aliphatic carbocycles. The van der Waals surface area contributed by atoms with E-state index < -0.39 is 0 Å². The van der Waals surface area contributed by atoms with Gasteiger partial charge in [-0.05, 0) is 42.7 Å². The zero-order valence-electron chi connectivity index (χ0n) is 9.58. The van der Waals surface area contributed by atoms with E-state index in [1.54, 1.807) is 0 Å². The first kappa shape index (κ1) is 10.7. The summed E-state index contributed by atoms with van der Waals surface area (Å²) in [6.45, 7) is 2.22. The maximum absolute atomic E-state index is 6.27. The molecule has 2 N–H and O–H groups in total. The van der Waals surface area contributed by atoms with E-state index in [1.807, 2.05) is 0 Å². The van der Waals surface area contributed by atoms with Gasteiger partial charge < -0.3 is 5.73 Å². The van der Waals surface area contributed by atoms with Crippen LogP contribution < -0.4 is 5.73 Å². The van der Waals surface area contributed by atoms with Crippen LogP contribution in [0.5, 0.6) is 0 Å². The zero-order chi connectivity index (χ0) is 10.7. The molecule has 0 heterocycles. The third kappa shape index (κ3) is 2.23. The SMILES string of the molecule is CCC[C@@H](N)C1CCCc2ccccc21. The molecule has 0 amide bonds. The van der Waals surface area contributed by atoms with Crippen molar-refractivity contribution in [2.75, 3.05) is 0 Å². The summed E-state index contributed by atoms with van der Waals surface area (Å²) in [6, 6.07) is 9.19. The average Bonchev–Trinajstić information content (AvgIpc) is 2.28. The van der Waals surface area contributed by atoms with Crippen LogP contribution in [0, 0.1) is 0 Å². The largest absolute Gasteiger partial charge is 0.327 e. The number of aryl methyl sites for hydroxylation is 1. The summed E-state index contributed by atoms with van der Waals surface area (Å²) in [5.41, 5.74) is 9.32. The van der Waals surface area contributed by atoms with Gasteiger partial charge in [0, 0.05) is 6.04 Å². The molecular formula is C14H21N. The Morgan fingerprint density at radius 2 is 2.20 bits per heavy atom. The highest BCUT2D eigenvalue weighted by Gasteiger charge is 2.24. The van der Waals surface area contributed by atoms with Gasteiger partial charge in [0.05, 0.1) is 0 Å². The van der Waals surface area contributed by atoms with Crippen molar-refractivity contribution in [2.45, 2.75) is 51.0 Å². The number of hydrogen-bond acceptors (Lipinski definition) is 1. The minimum atomic E-state index is 0.358. The Morgan fingerprint density at radius 1 is 1.40 bits per heavy atom. The van der Waals surface area contributed by atoms with Gasteiger partial charge in [-0.25, -0.2) is 0 Å². The third-order valence-corrected chi connectivity index (χ3v) is 3.55. The summed E-state index contributed by atoms with van der Waals surface area (Å²) in [4.78, 5) is 0. The predicted octanol–water partition coefficient (Wildman–Crippen LogP) is 3.23. The minimum absolute atomic E-state index is 0.358. The van der Waals surface area contributed by atoms with Crippen molar-refractivity contribution in [1.29, 1.82) is 0 Å². The lowest BCUT2D eigenvalue weighted by Crippen LogP contribution is -2.30. The predicted molar refractivity (Wildman–Crippen MR) is 65.0 cm³/mol. The van der Waals surface area contributed by atoms with Gasteiger partial charge in [-0.1, -0.05) is 37.6 Å². The van der Waals surface area contributed by atoms with Crippen molar-refractivity contribution in [1.82, 2.24) is 0 Å². The summed E-state index contributed by atoms with van der Waals surface area (Å²) in [7, 11) is 0. The molecular weight excluding hydrogens is 182 g/mol. The molecule has 2 atom stereocenters. The molecule has 0 bridgehead atoms. The van der Waals surface area contributed by atoms with Gasteiger partial charge in [-0.2, -0.15) is 0 Å². The molecule has 1 aromatic rings. The van der Waals surface area contributed by atoms with Crippen molar-refractivity contribution < 1.29 is 0 Å². The first-order valence-corrected chi connectivity index (χ1v) is 6.16. The van der Waals surface area contributed by atoms with Gasteiger partial charge in [0.2, 0.25) is 0 Å². The molecule has 1 aliphatic rings. The highest BCUT2D eigenvalue weighted by Crippen LogP contribution is 2.34. The molecule has 1 nitrogen and oxygen atoms in total. The zero-order valence-corrected chi connectivity index (χ0v) is 9.58. The van der Waals surface area contributed by atoms with Crippen molar-refractivity contribution in [2.24, 2.45) is 5.73 Å². The Hall–Kier alpha value is -0.820. The second-order valence-electron chi connectivity index (χ2n) is 4.65. The van der Waals surface area contributed by atoms with E-state index in [9.17, 15) is 0 Å². The smallest absolute Gasteiger partial charge is 0.0108 e. The number of benzene rings is 1. The Labute approximate surface area is 92.7 Å². The molecule has 1 aromatic carbocycles. The van der Waals surface area contributed by atoms with E-state index in [1.165, 1.54) is 36.8 Å². The van der Waals surface area contributed by atoms with Crippen LogP contribution in [-0.2, 0) is 6.42 Å². The summed E-state index contributed by atoms with van der Waals surface area (Å²) >= 11 is 0. The quantitative estimate of drug-likeness (QED) is 0.802. The van der Waals surface area contributed by atoms with Crippen LogP contribution in [0.4, 0.5) is 0 Å². The topological polar surface area (TPSA) is 26.0 Å². The average molecular weight is 203 g/mol. The number of fused-ring (bicyclic) bond motifs is 1. The molecule has 1 unspecified atom stereocenters. The van der Waals surface area contributed by atoms with Gasteiger partial charge in [0.25, 0.3) is 0 Å². The van der Waals surface area contributed by atoms with Gasteiger partial charge in [-0.3, -0.25) is 0 Å². The maximum atomic E-state index is 6.27. The fourth-order valence-electron chi connectivity index (χ4n) is 2.77. The number of rotatable bonds is 3. The first-order valence-electron chi connectivity index (χ1n) is 6.16. The van der Waals surface area contributed by atoms with Crippen LogP contribution in [0.25, 0.3) is 0 Å². The normalized spacial score (nSPS) is 22.1. The van der Waals surface area contributed by atoms with Crippen LogP contribution >= 0.6 is 0 Å². The lowest BCUT2D eigenvalue weighted by atomic mass is 9.78. The second-order valence-corrected chi connectivity index (χ2v) is 4.65. The first-order chi connectivity index (χ1) is 7.33. The van der Waals surface area contributed by atoms with E-state index in [-0.39, 0.29) is 0 Å².